The highest BCUT2D eigenvalue weighted by Gasteiger charge is 2.12. The Labute approximate surface area is 119 Å². The number of rotatable bonds is 4. The fourth-order valence-corrected chi connectivity index (χ4v) is 2.01. The highest BCUT2D eigenvalue weighted by molar-refractivity contribution is 5.80. The molecule has 2 rings (SSSR count). The molecular weight excluding hydrogens is 250 g/mol. The van der Waals surface area contributed by atoms with Crippen LogP contribution in [0.15, 0.2) is 42.5 Å². The van der Waals surface area contributed by atoms with E-state index in [4.69, 9.17) is 5.73 Å². The number of carbonyl (C=O) groups is 1. The predicted molar refractivity (Wildman–Crippen MR) is 80.0 cm³/mol. The molecule has 0 aliphatic rings. The van der Waals surface area contributed by atoms with Gasteiger partial charge in [-0.05, 0) is 30.7 Å². The second-order valence-electron chi connectivity index (χ2n) is 4.90. The van der Waals surface area contributed by atoms with Crippen molar-refractivity contribution in [3.63, 3.8) is 0 Å². The number of nitrogens with two attached hydrogens (primary N) is 1. The third-order valence-electron chi connectivity index (χ3n) is 3.17. The second-order valence-corrected chi connectivity index (χ2v) is 4.90. The average molecular weight is 269 g/mol. The first kappa shape index (κ1) is 14.1. The number of para-hydroxylation sites is 1. The fraction of sp³-hybridized carbons (Fsp3) is 0.250. The van der Waals surface area contributed by atoms with Crippen molar-refractivity contribution in [3.05, 3.63) is 59.4 Å². The average Bonchev–Trinajstić information content (AvgIpc) is 2.41. The van der Waals surface area contributed by atoms with Crippen molar-refractivity contribution >= 4 is 11.6 Å². The highest BCUT2D eigenvalue weighted by atomic mass is 16.2. The van der Waals surface area contributed by atoms with Gasteiger partial charge in [0.25, 0.3) is 0 Å². The van der Waals surface area contributed by atoms with E-state index in [0.717, 1.165) is 17.0 Å². The van der Waals surface area contributed by atoms with E-state index >= 15 is 0 Å². The molecule has 1 aromatic carbocycles. The molecule has 2 aromatic rings. The number of pyridine rings is 1. The Hall–Kier alpha value is -2.36. The number of aromatic nitrogens is 1. The van der Waals surface area contributed by atoms with Crippen molar-refractivity contribution in [1.82, 2.24) is 9.88 Å². The van der Waals surface area contributed by atoms with Gasteiger partial charge in [0, 0.05) is 18.4 Å². The van der Waals surface area contributed by atoms with Crippen LogP contribution in [0, 0.1) is 6.92 Å². The van der Waals surface area contributed by atoms with Gasteiger partial charge in [-0.15, -0.1) is 0 Å². The number of amides is 1. The number of nitrogens with zero attached hydrogens (tertiary/aromatic N) is 2. The summed E-state index contributed by atoms with van der Waals surface area (Å²) in [7, 11) is 1.78. The first-order valence-electron chi connectivity index (χ1n) is 6.56. The minimum atomic E-state index is 0.0335. The third-order valence-corrected chi connectivity index (χ3v) is 3.17. The number of hydrogen-bond donors (Lipinski definition) is 1. The lowest BCUT2D eigenvalue weighted by Gasteiger charge is -2.17. The van der Waals surface area contributed by atoms with Gasteiger partial charge in [-0.2, -0.15) is 0 Å². The maximum absolute atomic E-state index is 12.2. The summed E-state index contributed by atoms with van der Waals surface area (Å²) in [6, 6.07) is 13.3. The van der Waals surface area contributed by atoms with Gasteiger partial charge in [0.2, 0.25) is 5.91 Å². The van der Waals surface area contributed by atoms with Crippen LogP contribution in [0.25, 0.3) is 0 Å². The van der Waals surface area contributed by atoms with E-state index in [1.54, 1.807) is 11.9 Å². The van der Waals surface area contributed by atoms with Crippen LogP contribution < -0.4 is 5.73 Å². The van der Waals surface area contributed by atoms with Gasteiger partial charge in [-0.1, -0.05) is 24.3 Å². The number of likely N-dealkylation sites (N-methyl/N-ethyl adjacent to an activating group) is 1. The van der Waals surface area contributed by atoms with E-state index in [1.807, 2.05) is 49.4 Å². The number of carbonyl (C=O) groups excluding carboxylic acids is 1. The Morgan fingerprint density at radius 1 is 1.20 bits per heavy atom. The Morgan fingerprint density at radius 2 is 1.95 bits per heavy atom. The Morgan fingerprint density at radius 3 is 2.65 bits per heavy atom. The standard InChI is InChI=1S/C16H19N3O/c1-12-6-5-8-14(18-12)11-19(2)16(20)10-13-7-3-4-9-15(13)17/h3-9H,10-11,17H2,1-2H3. The lowest BCUT2D eigenvalue weighted by atomic mass is 10.1. The monoisotopic (exact) mass is 269 g/mol. The van der Waals surface area contributed by atoms with E-state index in [0.29, 0.717) is 18.7 Å². The molecule has 0 radical (unpaired) electrons. The van der Waals surface area contributed by atoms with E-state index in [-0.39, 0.29) is 5.91 Å². The molecule has 0 aliphatic heterocycles. The molecule has 1 amide bonds. The van der Waals surface area contributed by atoms with E-state index < -0.39 is 0 Å². The maximum atomic E-state index is 12.2. The summed E-state index contributed by atoms with van der Waals surface area (Å²) >= 11 is 0. The van der Waals surface area contributed by atoms with Gasteiger partial charge < -0.3 is 10.6 Å². The number of nitrogen functional groups attached to an aromatic ring is 1. The molecular formula is C16H19N3O. The van der Waals surface area contributed by atoms with Crippen LogP contribution in [0.1, 0.15) is 17.0 Å². The SMILES string of the molecule is Cc1cccc(CN(C)C(=O)Cc2ccccc2N)n1. The van der Waals surface area contributed by atoms with Crippen molar-refractivity contribution in [3.8, 4) is 0 Å². The van der Waals surface area contributed by atoms with Crippen LogP contribution in [0.4, 0.5) is 5.69 Å². The number of benzene rings is 1. The van der Waals surface area contributed by atoms with E-state index in [1.165, 1.54) is 0 Å². The first-order valence-corrected chi connectivity index (χ1v) is 6.56. The quantitative estimate of drug-likeness (QED) is 0.865. The minimum absolute atomic E-state index is 0.0335. The Bertz CT molecular complexity index is 610. The summed E-state index contributed by atoms with van der Waals surface area (Å²) in [6.45, 7) is 2.45. The molecule has 104 valence electrons. The topological polar surface area (TPSA) is 59.2 Å². The van der Waals surface area contributed by atoms with Gasteiger partial charge in [0.05, 0.1) is 18.7 Å². The normalized spacial score (nSPS) is 10.3. The fourth-order valence-electron chi connectivity index (χ4n) is 2.01. The van der Waals surface area contributed by atoms with Gasteiger partial charge in [0.15, 0.2) is 0 Å². The molecule has 0 atom stereocenters. The molecule has 0 fully saturated rings. The zero-order chi connectivity index (χ0) is 14.5. The van der Waals surface area contributed by atoms with Crippen LogP contribution in [-0.4, -0.2) is 22.8 Å². The first-order chi connectivity index (χ1) is 9.56. The zero-order valence-electron chi connectivity index (χ0n) is 11.8. The van der Waals surface area contributed by atoms with Crippen molar-refractivity contribution in [2.45, 2.75) is 19.9 Å². The summed E-state index contributed by atoms with van der Waals surface area (Å²) in [5, 5.41) is 0. The van der Waals surface area contributed by atoms with Crippen molar-refractivity contribution in [1.29, 1.82) is 0 Å². The molecule has 4 heteroatoms. The lowest BCUT2D eigenvalue weighted by Crippen LogP contribution is -2.28. The molecule has 0 unspecified atom stereocenters. The molecule has 4 nitrogen and oxygen atoms in total. The largest absolute Gasteiger partial charge is 0.398 e. The van der Waals surface area contributed by atoms with Crippen LogP contribution in [0.2, 0.25) is 0 Å². The predicted octanol–water partition coefficient (Wildman–Crippen LogP) is 2.17. The van der Waals surface area contributed by atoms with E-state index in [9.17, 15) is 4.79 Å². The molecule has 0 spiro atoms. The van der Waals surface area contributed by atoms with E-state index in [2.05, 4.69) is 4.98 Å². The second kappa shape index (κ2) is 6.19. The van der Waals surface area contributed by atoms with Crippen LogP contribution in [0.5, 0.6) is 0 Å². The molecule has 0 saturated heterocycles. The van der Waals surface area contributed by atoms with Crippen molar-refractivity contribution in [2.75, 3.05) is 12.8 Å². The van der Waals surface area contributed by atoms with Crippen LogP contribution in [-0.2, 0) is 17.8 Å². The number of aryl methyl sites for hydroxylation is 1. The molecule has 1 aromatic heterocycles. The molecule has 2 N–H and O–H groups in total. The summed E-state index contributed by atoms with van der Waals surface area (Å²) < 4.78 is 0. The Balaban J connectivity index is 2.01. The summed E-state index contributed by atoms with van der Waals surface area (Å²) in [4.78, 5) is 18.3. The zero-order valence-corrected chi connectivity index (χ0v) is 11.8. The van der Waals surface area contributed by atoms with Gasteiger partial charge >= 0.3 is 0 Å². The molecule has 0 saturated carbocycles. The summed E-state index contributed by atoms with van der Waals surface area (Å²) in [6.07, 6.45) is 0.314. The smallest absolute Gasteiger partial charge is 0.227 e. The van der Waals surface area contributed by atoms with Crippen LogP contribution in [0.3, 0.4) is 0 Å². The minimum Gasteiger partial charge on any atom is -0.398 e. The molecule has 0 bridgehead atoms. The van der Waals surface area contributed by atoms with Crippen molar-refractivity contribution < 1.29 is 4.79 Å². The van der Waals surface area contributed by atoms with Crippen molar-refractivity contribution in [2.24, 2.45) is 0 Å². The summed E-state index contributed by atoms with van der Waals surface area (Å²) in [5.74, 6) is 0.0335. The van der Waals surface area contributed by atoms with Crippen LogP contribution >= 0.6 is 0 Å². The highest BCUT2D eigenvalue weighted by Crippen LogP contribution is 2.12. The Kier molecular flexibility index (Phi) is 4.35. The lowest BCUT2D eigenvalue weighted by molar-refractivity contribution is -0.129. The number of hydrogen-bond acceptors (Lipinski definition) is 3. The maximum Gasteiger partial charge on any atom is 0.227 e. The van der Waals surface area contributed by atoms with Gasteiger partial charge in [-0.3, -0.25) is 9.78 Å². The summed E-state index contributed by atoms with van der Waals surface area (Å²) in [5.41, 5.74) is 9.22. The molecule has 1 heterocycles. The third kappa shape index (κ3) is 3.57. The molecule has 20 heavy (non-hydrogen) atoms. The van der Waals surface area contributed by atoms with Gasteiger partial charge in [-0.25, -0.2) is 0 Å². The molecule has 0 aliphatic carbocycles. The van der Waals surface area contributed by atoms with Gasteiger partial charge in [0.1, 0.15) is 0 Å². The number of anilines is 1.